The lowest BCUT2D eigenvalue weighted by Crippen LogP contribution is -1.95. The van der Waals surface area contributed by atoms with Gasteiger partial charge in [-0.05, 0) is 160 Å². The molecule has 8 heterocycles. The highest BCUT2D eigenvalue weighted by Gasteiger charge is 2.23. The molecule has 16 aromatic carbocycles. The van der Waals surface area contributed by atoms with Crippen molar-refractivity contribution in [2.24, 2.45) is 5.92 Å². The van der Waals surface area contributed by atoms with Crippen LogP contribution in [0.4, 0.5) is 0 Å². The van der Waals surface area contributed by atoms with E-state index in [0.29, 0.717) is 53.0 Å². The van der Waals surface area contributed by atoms with E-state index in [-0.39, 0.29) is 5.92 Å². The third-order valence-electron chi connectivity index (χ3n) is 25.1. The maximum absolute atomic E-state index is 5.83. The first-order valence-electron chi connectivity index (χ1n) is 49.3. The fourth-order valence-electron chi connectivity index (χ4n) is 17.4. The summed E-state index contributed by atoms with van der Waals surface area (Å²) in [4.78, 5) is 39.9. The summed E-state index contributed by atoms with van der Waals surface area (Å²) in [6, 6.07) is 140. The van der Waals surface area contributed by atoms with Crippen LogP contribution in [0.5, 0.6) is 0 Å². The van der Waals surface area contributed by atoms with E-state index in [1.165, 1.54) is 0 Å². The van der Waals surface area contributed by atoms with Gasteiger partial charge in [0.2, 0.25) is 47.1 Å². The van der Waals surface area contributed by atoms with Crippen LogP contribution in [-0.2, 0) is 19.3 Å². The van der Waals surface area contributed by atoms with E-state index in [1.54, 1.807) is 0 Å². The first-order chi connectivity index (χ1) is 71.8. The number of fused-ring (bicyclic) bond motifs is 4. The molecule has 0 atom stereocenters. The molecule has 0 unspecified atom stereocenters. The summed E-state index contributed by atoms with van der Waals surface area (Å²) in [6.45, 7) is 12.6. The lowest BCUT2D eigenvalue weighted by molar-refractivity contribution is 0.466. The van der Waals surface area contributed by atoms with Gasteiger partial charge in [-0.25, -0.2) is 39.9 Å². The van der Waals surface area contributed by atoms with Crippen LogP contribution in [0.15, 0.2) is 430 Å². The molecule has 0 saturated carbocycles. The minimum absolute atomic E-state index is 0.207. The number of hydrogen-bond donors (Lipinski definition) is 0. The Morgan fingerprint density at radius 2 is 0.370 bits per heavy atom. The molecular weight excluding hydrogens is 1800 g/mol. The summed E-state index contributed by atoms with van der Waals surface area (Å²) in [7, 11) is 0. The van der Waals surface area contributed by atoms with Crippen molar-refractivity contribution in [1.82, 2.24) is 80.7 Å². The molecule has 0 aliphatic carbocycles. The molecule has 0 N–H and O–H groups in total. The SMILES string of the molecule is CC(C)Cc1nnc(-c2ccc(-c3ccc(-c4nc5ccccc5nc4-c4ccccc4)cc3)cc2)o1.CC(C)c1nnc(-c2ccc(-c3ccc(-c4nc5ccccc5nc4-c4ccccc4)cc3)cc2)o1.CCCCc1nnc(-c2ccc(-c3ccc(-c4nc5ccccc5nc4-c4ccccc4)cc3)cc2)o1.CCCc1nnc(-c2ccc(-c3ccc(-c4nc5ccccc5nc4-c4ccccc4)cc3)cc2)o1. The van der Waals surface area contributed by atoms with Crippen molar-refractivity contribution in [1.29, 1.82) is 0 Å². The molecule has 0 fully saturated rings. The standard InChI is InChI=1S/2C32H26N4O.2C31H24N4O/c1-21(2)20-29-35-36-32(37-29)26-18-14-23(15-19-26)22-12-16-25(17-13-22)31-30(24-8-4-3-5-9-24)33-27-10-6-7-11-28(27)34-31;1-2-3-13-29-35-36-32(37-29)26-20-16-23(17-21-26)22-14-18-25(19-15-22)31-30(24-9-5-4-6-10-24)33-27-11-7-8-12-28(27)34-31;1-20(2)30-34-35-31(36-30)25-18-14-22(15-19-25)21-12-16-24(17-13-21)29-28(23-8-4-3-5-9-23)32-26-10-6-7-11-27(26)33-29;1-2-8-28-34-35-31(36-28)25-19-15-22(16-20-25)21-13-17-24(18-14-21)30-29(23-9-4-3-5-10-23)32-26-11-6-7-12-27(26)33-30/h3-19,21H,20H2,1-2H3;4-12,14-21H,2-3,13H2,1H3;3-20H,1-2H3;3-7,9-20H,2,8H2,1H3. The van der Waals surface area contributed by atoms with Crippen molar-refractivity contribution in [2.75, 3.05) is 0 Å². The number of benzene rings is 16. The van der Waals surface area contributed by atoms with Crippen LogP contribution in [0.3, 0.4) is 0 Å². The van der Waals surface area contributed by atoms with Crippen molar-refractivity contribution in [3.63, 3.8) is 0 Å². The molecule has 0 spiro atoms. The van der Waals surface area contributed by atoms with Crippen LogP contribution in [0.1, 0.15) is 90.3 Å². The smallest absolute Gasteiger partial charge is 0.247 e. The van der Waals surface area contributed by atoms with E-state index in [9.17, 15) is 0 Å². The Morgan fingerprint density at radius 3 is 0.589 bits per heavy atom. The predicted molar refractivity (Wildman–Crippen MR) is 582 cm³/mol. The Bertz CT molecular complexity index is 8570. The van der Waals surface area contributed by atoms with E-state index >= 15 is 0 Å². The molecule has 0 saturated heterocycles. The average molecular weight is 1900 g/mol. The van der Waals surface area contributed by atoms with Gasteiger partial charge < -0.3 is 17.7 Å². The van der Waals surface area contributed by atoms with Gasteiger partial charge in [-0.15, -0.1) is 40.8 Å². The number of rotatable bonds is 24. The molecule has 0 radical (unpaired) electrons. The molecule has 24 rings (SSSR count). The molecule has 24 aromatic rings. The van der Waals surface area contributed by atoms with Crippen molar-refractivity contribution < 1.29 is 17.7 Å². The number of hydrogen-bond acceptors (Lipinski definition) is 20. The first kappa shape index (κ1) is 93.7. The first-order valence-corrected chi connectivity index (χ1v) is 49.3. The third-order valence-corrected chi connectivity index (χ3v) is 25.1. The lowest BCUT2D eigenvalue weighted by Gasteiger charge is -2.11. The normalized spacial score (nSPS) is 11.2. The van der Waals surface area contributed by atoms with Gasteiger partial charge in [0, 0.05) is 91.9 Å². The van der Waals surface area contributed by atoms with Crippen LogP contribution in [-0.4, -0.2) is 80.7 Å². The average Bonchev–Trinajstić information content (AvgIpc) is 1.14. The van der Waals surface area contributed by atoms with Crippen molar-refractivity contribution >= 4 is 44.1 Å². The maximum atomic E-state index is 5.83. The van der Waals surface area contributed by atoms with Gasteiger partial charge in [0.25, 0.3) is 0 Å². The zero-order valence-electron chi connectivity index (χ0n) is 81.4. The zero-order valence-corrected chi connectivity index (χ0v) is 81.4. The van der Waals surface area contributed by atoms with E-state index in [4.69, 9.17) is 57.5 Å². The Kier molecular flexibility index (Phi) is 28.0. The molecule has 146 heavy (non-hydrogen) atoms. The topological polar surface area (TPSA) is 259 Å². The van der Waals surface area contributed by atoms with Gasteiger partial charge in [0.05, 0.1) is 89.7 Å². The molecule has 0 aliphatic rings. The molecule has 0 aliphatic heterocycles. The van der Waals surface area contributed by atoms with Gasteiger partial charge >= 0.3 is 0 Å². The minimum Gasteiger partial charge on any atom is -0.421 e. The highest BCUT2D eigenvalue weighted by Crippen LogP contribution is 2.41. The van der Waals surface area contributed by atoms with E-state index in [0.717, 1.165) is 239 Å². The largest absolute Gasteiger partial charge is 0.421 e. The summed E-state index contributed by atoms with van der Waals surface area (Å²) in [6.07, 6.45) is 5.53. The number of aryl methyl sites for hydroxylation is 2. The van der Waals surface area contributed by atoms with Crippen LogP contribution in [0, 0.1) is 5.92 Å². The summed E-state index contributed by atoms with van der Waals surface area (Å²) in [5.74, 6) is 5.61. The molecule has 708 valence electrons. The summed E-state index contributed by atoms with van der Waals surface area (Å²) >= 11 is 0. The van der Waals surface area contributed by atoms with Gasteiger partial charge in [0.15, 0.2) is 0 Å². The Hall–Kier alpha value is -18.6. The van der Waals surface area contributed by atoms with Crippen molar-refractivity contribution in [3.8, 4) is 180 Å². The quantitative estimate of drug-likeness (QED) is 0.0544. The van der Waals surface area contributed by atoms with Crippen molar-refractivity contribution in [2.45, 2.75) is 86.0 Å². The van der Waals surface area contributed by atoms with Gasteiger partial charge in [-0.1, -0.05) is 363 Å². The van der Waals surface area contributed by atoms with Crippen LogP contribution >= 0.6 is 0 Å². The molecule has 0 bridgehead atoms. The monoisotopic (exact) mass is 1900 g/mol. The molecular formula is C126H100N16O4. The zero-order chi connectivity index (χ0) is 99.0. The fraction of sp³-hybridized carbons (Fsp3) is 0.111. The number of unbranched alkanes of at least 4 members (excludes halogenated alkanes) is 1. The fourth-order valence-corrected chi connectivity index (χ4v) is 17.4. The molecule has 20 nitrogen and oxygen atoms in total. The number of nitrogens with zero attached hydrogens (tertiary/aromatic N) is 16. The van der Waals surface area contributed by atoms with Crippen LogP contribution in [0.2, 0.25) is 0 Å². The van der Waals surface area contributed by atoms with Crippen LogP contribution in [0.25, 0.3) is 225 Å². The van der Waals surface area contributed by atoms with Gasteiger partial charge in [-0.2, -0.15) is 0 Å². The minimum atomic E-state index is 0.207. The summed E-state index contributed by atoms with van der Waals surface area (Å²) in [5.41, 5.74) is 35.1. The highest BCUT2D eigenvalue weighted by molar-refractivity contribution is 5.92. The second kappa shape index (κ2) is 43.7. The maximum Gasteiger partial charge on any atom is 0.247 e. The Balaban J connectivity index is 0.000000114. The predicted octanol–water partition coefficient (Wildman–Crippen LogP) is 31.3. The summed E-state index contributed by atoms with van der Waals surface area (Å²) < 4.78 is 23.2. The number of aromatic nitrogens is 16. The van der Waals surface area contributed by atoms with Crippen LogP contribution < -0.4 is 0 Å². The van der Waals surface area contributed by atoms with E-state index < -0.39 is 0 Å². The second-order valence-electron chi connectivity index (χ2n) is 36.3. The molecule has 20 heteroatoms. The second-order valence-corrected chi connectivity index (χ2v) is 36.3. The van der Waals surface area contributed by atoms with Gasteiger partial charge in [0.1, 0.15) is 0 Å². The lowest BCUT2D eigenvalue weighted by atomic mass is 9.99. The summed E-state index contributed by atoms with van der Waals surface area (Å²) in [5, 5.41) is 33.4. The van der Waals surface area contributed by atoms with E-state index in [1.807, 2.05) is 232 Å². The third kappa shape index (κ3) is 21.5. The Morgan fingerprint density at radius 1 is 0.178 bits per heavy atom. The molecule has 8 aromatic heterocycles. The van der Waals surface area contributed by atoms with E-state index in [2.05, 4.69) is 263 Å². The Labute approximate surface area is 845 Å². The van der Waals surface area contributed by atoms with Gasteiger partial charge in [-0.3, -0.25) is 0 Å². The highest BCUT2D eigenvalue weighted by atomic mass is 16.4. The van der Waals surface area contributed by atoms with Crippen molar-refractivity contribution in [3.05, 3.63) is 436 Å². The molecule has 0 amide bonds. The number of para-hydroxylation sites is 8.